The van der Waals surface area contributed by atoms with Crippen LogP contribution >= 0.6 is 11.6 Å². The van der Waals surface area contributed by atoms with Crippen molar-refractivity contribution in [3.8, 4) is 40.2 Å². The van der Waals surface area contributed by atoms with E-state index in [1.54, 1.807) is 18.2 Å². The fraction of sp³-hybridized carbons (Fsp3) is 0.167. The van der Waals surface area contributed by atoms with Crippen molar-refractivity contribution in [1.29, 1.82) is 5.26 Å². The molecule has 7 nitrogen and oxygen atoms in total. The molecule has 0 spiro atoms. The van der Waals surface area contributed by atoms with Crippen LogP contribution in [0.3, 0.4) is 0 Å². The Kier molecular flexibility index (Phi) is 7.43. The van der Waals surface area contributed by atoms with Crippen LogP contribution in [-0.4, -0.2) is 24.5 Å². The molecule has 8 heteroatoms. The Bertz CT molecular complexity index is 1530. The Balaban J connectivity index is 1.33. The van der Waals surface area contributed by atoms with Gasteiger partial charge < -0.3 is 18.9 Å². The van der Waals surface area contributed by atoms with Gasteiger partial charge in [-0.15, -0.1) is 0 Å². The molecule has 0 unspecified atom stereocenters. The van der Waals surface area contributed by atoms with Gasteiger partial charge in [-0.3, -0.25) is 9.78 Å². The maximum atomic E-state index is 11.6. The smallest absolute Gasteiger partial charge is 0.161 e. The molecule has 0 fully saturated rings. The molecule has 0 N–H and O–H groups in total. The van der Waals surface area contributed by atoms with Crippen LogP contribution in [0.5, 0.6) is 23.0 Å². The minimum absolute atomic E-state index is 0.115. The summed E-state index contributed by atoms with van der Waals surface area (Å²) in [6, 6.07) is 20.5. The Morgan fingerprint density at radius 2 is 1.82 bits per heavy atom. The van der Waals surface area contributed by atoms with E-state index in [0.29, 0.717) is 52.8 Å². The van der Waals surface area contributed by atoms with Gasteiger partial charge in [0.25, 0.3) is 0 Å². The first-order valence-electron chi connectivity index (χ1n) is 11.9. The van der Waals surface area contributed by atoms with Crippen molar-refractivity contribution in [2.45, 2.75) is 20.1 Å². The van der Waals surface area contributed by atoms with E-state index < -0.39 is 0 Å². The van der Waals surface area contributed by atoms with Crippen LogP contribution in [-0.2, 0) is 13.2 Å². The Morgan fingerprint density at radius 3 is 2.58 bits per heavy atom. The topological polar surface area (TPSA) is 90.7 Å². The Hall–Kier alpha value is -4.54. The largest absolute Gasteiger partial charge is 0.487 e. The molecule has 3 aromatic carbocycles. The molecule has 0 saturated heterocycles. The van der Waals surface area contributed by atoms with E-state index in [1.165, 1.54) is 12.3 Å². The normalized spacial score (nSPS) is 11.9. The molecular weight excluding hydrogens is 504 g/mol. The number of fused-ring (bicyclic) bond motifs is 1. The second-order valence-corrected chi connectivity index (χ2v) is 9.02. The van der Waals surface area contributed by atoms with Crippen LogP contribution in [0.4, 0.5) is 0 Å². The van der Waals surface area contributed by atoms with Gasteiger partial charge in [-0.1, -0.05) is 35.9 Å². The first kappa shape index (κ1) is 25.1. The molecule has 1 aliphatic rings. The van der Waals surface area contributed by atoms with Crippen molar-refractivity contribution in [1.82, 2.24) is 4.98 Å². The molecule has 4 aromatic rings. The number of nitriles is 1. The number of carbonyl (C=O) groups excluding carboxylic acids is 1. The number of rotatable bonds is 8. The molecule has 0 radical (unpaired) electrons. The predicted octanol–water partition coefficient (Wildman–Crippen LogP) is 6.32. The molecule has 0 saturated carbocycles. The highest BCUT2D eigenvalue weighted by molar-refractivity contribution is 6.32. The number of halogens is 1. The first-order valence-corrected chi connectivity index (χ1v) is 12.3. The van der Waals surface area contributed by atoms with Gasteiger partial charge in [0.1, 0.15) is 44.0 Å². The average molecular weight is 527 g/mol. The highest BCUT2D eigenvalue weighted by Gasteiger charge is 2.16. The predicted molar refractivity (Wildman–Crippen MR) is 142 cm³/mol. The third-order valence-corrected chi connectivity index (χ3v) is 6.50. The van der Waals surface area contributed by atoms with Gasteiger partial charge in [-0.2, -0.15) is 5.26 Å². The zero-order chi connectivity index (χ0) is 26.5. The Labute approximate surface area is 225 Å². The minimum atomic E-state index is 0.115. The van der Waals surface area contributed by atoms with Crippen LogP contribution in [0, 0.1) is 18.3 Å². The van der Waals surface area contributed by atoms with E-state index in [0.717, 1.165) is 33.8 Å². The van der Waals surface area contributed by atoms with Gasteiger partial charge >= 0.3 is 0 Å². The summed E-state index contributed by atoms with van der Waals surface area (Å²) in [4.78, 5) is 15.8. The number of pyridine rings is 1. The number of ether oxygens (including phenoxy) is 4. The average Bonchev–Trinajstić information content (AvgIpc) is 2.96. The lowest BCUT2D eigenvalue weighted by Gasteiger charge is -2.20. The minimum Gasteiger partial charge on any atom is -0.487 e. The maximum Gasteiger partial charge on any atom is 0.161 e. The van der Waals surface area contributed by atoms with Crippen molar-refractivity contribution in [3.05, 3.63) is 99.8 Å². The van der Waals surface area contributed by atoms with Crippen LogP contribution in [0.25, 0.3) is 11.1 Å². The number of benzene rings is 3. The number of carbonyl (C=O) groups is 1. The summed E-state index contributed by atoms with van der Waals surface area (Å²) in [6.07, 6.45) is 2.15. The highest BCUT2D eigenvalue weighted by Crippen LogP contribution is 2.37. The standard InChI is InChI=1S/C30H23ClN2O5/c1-19-22(3-2-4-25(19)21-6-8-27-30(12-21)36-10-9-35-27)17-37-29-13-28(23(16-34)11-26(29)31)38-18-24-7-5-20(14-32)15-33-24/h2-8,11-13,15-16H,9-10,17-18H2,1H3. The van der Waals surface area contributed by atoms with Gasteiger partial charge in [0.2, 0.25) is 0 Å². The molecule has 0 aliphatic carbocycles. The molecule has 0 bridgehead atoms. The summed E-state index contributed by atoms with van der Waals surface area (Å²) in [6.45, 7) is 3.50. The summed E-state index contributed by atoms with van der Waals surface area (Å²) < 4.78 is 23.3. The monoisotopic (exact) mass is 526 g/mol. The van der Waals surface area contributed by atoms with Crippen LogP contribution in [0.1, 0.15) is 32.7 Å². The van der Waals surface area contributed by atoms with Gasteiger partial charge in [0.15, 0.2) is 17.8 Å². The number of nitrogens with zero attached hydrogens (tertiary/aromatic N) is 2. The molecule has 0 atom stereocenters. The fourth-order valence-electron chi connectivity index (χ4n) is 4.12. The molecule has 2 heterocycles. The summed E-state index contributed by atoms with van der Waals surface area (Å²) in [5, 5.41) is 9.23. The number of hydrogen-bond acceptors (Lipinski definition) is 7. The maximum absolute atomic E-state index is 11.6. The van der Waals surface area contributed by atoms with E-state index in [4.69, 9.17) is 35.8 Å². The lowest BCUT2D eigenvalue weighted by atomic mass is 9.96. The van der Waals surface area contributed by atoms with Gasteiger partial charge in [-0.25, -0.2) is 0 Å². The number of hydrogen-bond donors (Lipinski definition) is 0. The van der Waals surface area contributed by atoms with E-state index in [2.05, 4.69) is 11.1 Å². The molecule has 5 rings (SSSR count). The number of aldehydes is 1. The fourth-order valence-corrected chi connectivity index (χ4v) is 4.35. The summed E-state index contributed by atoms with van der Waals surface area (Å²) >= 11 is 6.42. The van der Waals surface area contributed by atoms with E-state index in [9.17, 15) is 4.79 Å². The second kappa shape index (κ2) is 11.2. The van der Waals surface area contributed by atoms with E-state index in [-0.39, 0.29) is 13.2 Å². The third-order valence-electron chi connectivity index (χ3n) is 6.20. The van der Waals surface area contributed by atoms with Gasteiger partial charge in [0, 0.05) is 12.3 Å². The lowest BCUT2D eigenvalue weighted by Crippen LogP contribution is -2.15. The zero-order valence-corrected chi connectivity index (χ0v) is 21.3. The van der Waals surface area contributed by atoms with E-state index in [1.807, 2.05) is 43.3 Å². The third kappa shape index (κ3) is 5.41. The van der Waals surface area contributed by atoms with Crippen molar-refractivity contribution in [3.63, 3.8) is 0 Å². The van der Waals surface area contributed by atoms with E-state index >= 15 is 0 Å². The van der Waals surface area contributed by atoms with Crippen molar-refractivity contribution in [2.75, 3.05) is 13.2 Å². The molecule has 1 aromatic heterocycles. The van der Waals surface area contributed by atoms with Crippen molar-refractivity contribution < 1.29 is 23.7 Å². The quantitative estimate of drug-likeness (QED) is 0.248. The van der Waals surface area contributed by atoms with Crippen molar-refractivity contribution in [2.24, 2.45) is 0 Å². The molecule has 190 valence electrons. The van der Waals surface area contributed by atoms with Crippen LogP contribution in [0.15, 0.2) is 66.9 Å². The summed E-state index contributed by atoms with van der Waals surface area (Å²) in [7, 11) is 0. The molecule has 38 heavy (non-hydrogen) atoms. The first-order chi connectivity index (χ1) is 18.6. The van der Waals surface area contributed by atoms with Gasteiger partial charge in [0.05, 0.1) is 21.8 Å². The Morgan fingerprint density at radius 1 is 1.00 bits per heavy atom. The molecule has 1 aliphatic heterocycles. The van der Waals surface area contributed by atoms with Gasteiger partial charge in [-0.05, 0) is 59.5 Å². The second-order valence-electron chi connectivity index (χ2n) is 8.61. The summed E-state index contributed by atoms with van der Waals surface area (Å²) in [5.74, 6) is 2.20. The summed E-state index contributed by atoms with van der Waals surface area (Å²) in [5.41, 5.74) is 5.50. The lowest BCUT2D eigenvalue weighted by molar-refractivity contribution is 0.111. The SMILES string of the molecule is Cc1c(COc2cc(OCc3ccc(C#N)cn3)c(C=O)cc2Cl)cccc1-c1ccc2c(c1)OCCO2. The highest BCUT2D eigenvalue weighted by atomic mass is 35.5. The zero-order valence-electron chi connectivity index (χ0n) is 20.6. The molecular formula is C30H23ClN2O5. The van der Waals surface area contributed by atoms with Crippen LogP contribution < -0.4 is 18.9 Å². The van der Waals surface area contributed by atoms with Crippen LogP contribution in [0.2, 0.25) is 5.02 Å². The molecule has 0 amide bonds. The number of aromatic nitrogens is 1. The van der Waals surface area contributed by atoms with Crippen molar-refractivity contribution >= 4 is 17.9 Å².